The molecule has 0 spiro atoms. The van der Waals surface area contributed by atoms with Gasteiger partial charge in [-0.25, -0.2) is 0 Å². The van der Waals surface area contributed by atoms with E-state index in [0.717, 1.165) is 77.0 Å². The van der Waals surface area contributed by atoms with Gasteiger partial charge < -0.3 is 15.3 Å². The molecule has 0 aliphatic heterocycles. The Morgan fingerprint density at radius 2 is 0.429 bits per heavy atom. The molecule has 6 aliphatic carbocycles. The molecule has 3 N–H and O–H groups in total. The summed E-state index contributed by atoms with van der Waals surface area (Å²) in [5.41, 5.74) is -2.07. The quantitative estimate of drug-likeness (QED) is 0.157. The number of hydrogen-bond acceptors (Lipinski definition) is 6. The summed E-state index contributed by atoms with van der Waals surface area (Å²) in [6.45, 7) is 52.7. The van der Waals surface area contributed by atoms with Crippen LogP contribution in [0.5, 0.6) is 0 Å². The summed E-state index contributed by atoms with van der Waals surface area (Å²) in [6, 6.07) is 0. The van der Waals surface area contributed by atoms with Gasteiger partial charge in [-0.05, 0) is 145 Å². The zero-order valence-electron chi connectivity index (χ0n) is 49.6. The molecule has 0 aromatic heterocycles. The third-order valence-corrected chi connectivity index (χ3v) is 26.5. The molecule has 0 aromatic carbocycles. The molecular weight excluding hydrogens is 1000 g/mol. The van der Waals surface area contributed by atoms with Crippen LogP contribution in [-0.2, 0) is 14.4 Å². The van der Waals surface area contributed by atoms with Crippen LogP contribution in [0.1, 0.15) is 243 Å². The largest absolute Gasteiger partial charge is 0.512 e. The van der Waals surface area contributed by atoms with Crippen molar-refractivity contribution in [2.24, 2.45) is 100 Å². The molecule has 0 saturated heterocycles. The van der Waals surface area contributed by atoms with Gasteiger partial charge in [0.2, 0.25) is 0 Å². The number of aliphatic hydroxyl groups excluding tert-OH is 3. The van der Waals surface area contributed by atoms with Gasteiger partial charge in [-0.2, -0.15) is 0 Å². The van der Waals surface area contributed by atoms with Gasteiger partial charge in [0.05, 0.1) is 0 Å². The van der Waals surface area contributed by atoms with Crippen molar-refractivity contribution in [3.63, 3.8) is 0 Å². The summed E-state index contributed by atoms with van der Waals surface area (Å²) >= 11 is 0. The smallest absolute Gasteiger partial charge is 0.165 e. The SMILES string of the molecule is C[C@H]1CC[C@@](C)(C(=O)C=C(O)[C@]2(C)CC[C@H](C)C2(C)C)C1(C)C.C[C@H]1CC[C@@](C)(C(=O)C=C(O)[C@]2(C)CC[C@H](C)C2(C)C)C1(C)C.C[C@H]1CC[C@@](C)(C(=O)C=C(O)[C@]2(C)CC[C@H](C)C2(C)C)C1(C)C.[Eu]. The Balaban J connectivity index is 0.000000276. The van der Waals surface area contributed by atoms with Gasteiger partial charge in [0.15, 0.2) is 17.3 Å². The summed E-state index contributed by atoms with van der Waals surface area (Å²) in [5.74, 6) is 4.49. The van der Waals surface area contributed by atoms with Crippen molar-refractivity contribution < 1.29 is 79.1 Å². The maximum absolute atomic E-state index is 13.1. The molecule has 6 rings (SSSR count). The van der Waals surface area contributed by atoms with Crippen molar-refractivity contribution in [1.82, 2.24) is 0 Å². The molecule has 0 aromatic rings. The summed E-state index contributed by atoms with van der Waals surface area (Å²) < 4.78 is 0. The minimum atomic E-state index is -0.370. The van der Waals surface area contributed by atoms with E-state index in [4.69, 9.17) is 0 Å². The Kier molecular flexibility index (Phi) is 18.7. The van der Waals surface area contributed by atoms with Gasteiger partial charge in [-0.15, -0.1) is 0 Å². The van der Waals surface area contributed by atoms with Crippen molar-refractivity contribution >= 4 is 17.3 Å². The first-order valence-corrected chi connectivity index (χ1v) is 27.8. The van der Waals surface area contributed by atoms with Gasteiger partial charge in [-0.1, -0.05) is 166 Å². The average molecular weight is 1110 g/mol. The van der Waals surface area contributed by atoms with Crippen molar-refractivity contribution in [2.75, 3.05) is 0 Å². The second kappa shape index (κ2) is 20.6. The average Bonchev–Trinajstić information content (AvgIpc) is 3.92. The second-order valence-corrected chi connectivity index (χ2v) is 29.6. The predicted molar refractivity (Wildman–Crippen MR) is 289 cm³/mol. The Hall–Kier alpha value is -0.786. The Bertz CT molecular complexity index is 1820. The second-order valence-electron chi connectivity index (χ2n) is 29.6. The molecule has 403 valence electrons. The molecule has 12 atom stereocenters. The Morgan fingerprint density at radius 3 is 0.543 bits per heavy atom. The van der Waals surface area contributed by atoms with E-state index in [2.05, 4.69) is 166 Å². The third-order valence-electron chi connectivity index (χ3n) is 26.5. The molecule has 70 heavy (non-hydrogen) atoms. The number of aliphatic hydroxyl groups is 3. The molecule has 6 fully saturated rings. The topological polar surface area (TPSA) is 112 Å². The van der Waals surface area contributed by atoms with E-state index in [1.807, 2.05) is 0 Å². The van der Waals surface area contributed by atoms with Crippen LogP contribution in [0.3, 0.4) is 0 Å². The van der Waals surface area contributed by atoms with Crippen molar-refractivity contribution in [2.45, 2.75) is 243 Å². The van der Waals surface area contributed by atoms with Crippen LogP contribution in [0.4, 0.5) is 0 Å². The van der Waals surface area contributed by atoms with E-state index in [-0.39, 0.29) is 132 Å². The first-order valence-electron chi connectivity index (χ1n) is 27.8. The molecule has 7 heteroatoms. The summed E-state index contributed by atoms with van der Waals surface area (Å²) in [5, 5.41) is 32.6. The molecular formula is C63H108EuO6. The molecule has 0 heterocycles. The van der Waals surface area contributed by atoms with E-state index in [9.17, 15) is 29.7 Å². The van der Waals surface area contributed by atoms with Gasteiger partial charge in [0.1, 0.15) is 17.3 Å². The monoisotopic (exact) mass is 1110 g/mol. The van der Waals surface area contributed by atoms with Crippen LogP contribution in [0, 0.1) is 150 Å². The molecule has 1 radical (unpaired) electrons. The first kappa shape index (κ1) is 63.5. The maximum Gasteiger partial charge on any atom is 0.165 e. The minimum Gasteiger partial charge on any atom is -0.512 e. The molecule has 0 amide bonds. The number of carbonyl (C=O) groups is 3. The van der Waals surface area contributed by atoms with E-state index in [0.29, 0.717) is 52.8 Å². The normalized spacial score (nSPS) is 42.3. The summed E-state index contributed by atoms with van der Waals surface area (Å²) in [6.07, 6.45) is 16.9. The fourth-order valence-corrected chi connectivity index (χ4v) is 14.4. The summed E-state index contributed by atoms with van der Waals surface area (Å²) in [7, 11) is 0. The number of allylic oxidation sites excluding steroid dienone is 6. The van der Waals surface area contributed by atoms with Crippen LogP contribution in [0.15, 0.2) is 35.5 Å². The zero-order chi connectivity index (χ0) is 53.5. The molecule has 6 aliphatic rings. The van der Waals surface area contributed by atoms with Crippen molar-refractivity contribution in [3.8, 4) is 0 Å². The van der Waals surface area contributed by atoms with Crippen LogP contribution < -0.4 is 0 Å². The van der Waals surface area contributed by atoms with Crippen LogP contribution in [0.25, 0.3) is 0 Å². The first-order chi connectivity index (χ1) is 30.9. The minimum absolute atomic E-state index is 0. The van der Waals surface area contributed by atoms with E-state index >= 15 is 0 Å². The third kappa shape index (κ3) is 9.82. The van der Waals surface area contributed by atoms with Crippen molar-refractivity contribution in [3.05, 3.63) is 35.5 Å². The molecule has 0 unspecified atom stereocenters. The zero-order valence-corrected chi connectivity index (χ0v) is 52.1. The van der Waals surface area contributed by atoms with Crippen molar-refractivity contribution in [1.29, 1.82) is 0 Å². The van der Waals surface area contributed by atoms with Gasteiger partial charge in [0, 0.05) is 100 Å². The Labute approximate surface area is 471 Å². The van der Waals surface area contributed by atoms with E-state index < -0.39 is 0 Å². The van der Waals surface area contributed by atoms with Crippen LogP contribution >= 0.6 is 0 Å². The predicted octanol–water partition coefficient (Wildman–Crippen LogP) is 17.8. The van der Waals surface area contributed by atoms with Crippen LogP contribution in [-0.4, -0.2) is 32.7 Å². The van der Waals surface area contributed by atoms with E-state index in [1.54, 1.807) is 18.2 Å². The van der Waals surface area contributed by atoms with Gasteiger partial charge >= 0.3 is 0 Å². The number of ketones is 3. The molecule has 0 bridgehead atoms. The van der Waals surface area contributed by atoms with Gasteiger partial charge in [-0.3, -0.25) is 14.4 Å². The number of rotatable bonds is 9. The fraction of sp³-hybridized carbons (Fsp3) is 0.857. The standard InChI is InChI=1S/3C21H36O2.Eu/c3*1-14-9-11-20(7,18(14,3)4)16(22)13-17(23)21(8)12-10-15(2)19(21,5)6;/h3*13-15,22H,9-12H2,1-8H3;/t3*14-,15-,20-,21-;/m000./s1. The van der Waals surface area contributed by atoms with Gasteiger partial charge in [0.25, 0.3) is 0 Å². The van der Waals surface area contributed by atoms with E-state index in [1.165, 1.54) is 0 Å². The summed E-state index contributed by atoms with van der Waals surface area (Å²) in [4.78, 5) is 39.3. The molecule has 6 nitrogen and oxygen atoms in total. The Morgan fingerprint density at radius 1 is 0.300 bits per heavy atom. The fourth-order valence-electron chi connectivity index (χ4n) is 14.4. The maximum atomic E-state index is 13.1. The number of hydrogen-bond donors (Lipinski definition) is 3. The number of carbonyl (C=O) groups excluding carboxylic acids is 3. The van der Waals surface area contributed by atoms with Crippen LogP contribution in [0.2, 0.25) is 0 Å². The molecule has 6 saturated carbocycles.